The molecule has 1 fully saturated rings. The summed E-state index contributed by atoms with van der Waals surface area (Å²) in [5.74, 6) is -2.18. The molecule has 2 heterocycles. The molecule has 0 radical (unpaired) electrons. The van der Waals surface area contributed by atoms with Crippen LogP contribution in [0.2, 0.25) is 5.02 Å². The van der Waals surface area contributed by atoms with Crippen molar-refractivity contribution in [1.82, 2.24) is 9.78 Å². The second-order valence-corrected chi connectivity index (χ2v) is 6.40. The monoisotopic (exact) mass is 382 g/mol. The Kier molecular flexibility index (Phi) is 5.51. The van der Waals surface area contributed by atoms with Gasteiger partial charge in [0.25, 0.3) is 5.56 Å². The standard InChI is InChI=1S/C17H17ClF2N4O2/c18-16-14(23-6-2-1-3-7-23)9-21-24(17(16)26)10-15(25)22-13-8-11(19)4-5-12(13)20/h4-5,8-9H,1-3,6-7,10H2,(H,22,25). The first-order valence-electron chi connectivity index (χ1n) is 8.21. The smallest absolute Gasteiger partial charge is 0.288 e. The average Bonchev–Trinajstić information content (AvgIpc) is 2.63. The molecule has 138 valence electrons. The van der Waals surface area contributed by atoms with Crippen LogP contribution in [-0.4, -0.2) is 28.8 Å². The summed E-state index contributed by atoms with van der Waals surface area (Å²) in [6.45, 7) is 1.13. The van der Waals surface area contributed by atoms with E-state index in [1.165, 1.54) is 6.20 Å². The third kappa shape index (κ3) is 4.01. The predicted molar refractivity (Wildman–Crippen MR) is 94.6 cm³/mol. The van der Waals surface area contributed by atoms with E-state index in [2.05, 4.69) is 10.4 Å². The molecule has 3 rings (SSSR count). The summed E-state index contributed by atoms with van der Waals surface area (Å²) in [5, 5.41) is 6.19. The number of carbonyl (C=O) groups excluding carboxylic acids is 1. The Morgan fingerprint density at radius 2 is 1.96 bits per heavy atom. The van der Waals surface area contributed by atoms with Crippen molar-refractivity contribution in [3.05, 3.63) is 51.4 Å². The van der Waals surface area contributed by atoms with E-state index < -0.39 is 29.6 Å². The fourth-order valence-corrected chi connectivity index (χ4v) is 3.11. The molecule has 0 bridgehead atoms. The van der Waals surface area contributed by atoms with Crippen molar-refractivity contribution in [3.63, 3.8) is 0 Å². The molecule has 1 aromatic heterocycles. The van der Waals surface area contributed by atoms with Gasteiger partial charge in [0.1, 0.15) is 23.2 Å². The van der Waals surface area contributed by atoms with E-state index in [9.17, 15) is 18.4 Å². The summed E-state index contributed by atoms with van der Waals surface area (Å²) in [6, 6.07) is 2.70. The van der Waals surface area contributed by atoms with E-state index in [0.29, 0.717) is 5.69 Å². The van der Waals surface area contributed by atoms with Crippen LogP contribution in [0, 0.1) is 11.6 Å². The van der Waals surface area contributed by atoms with Crippen LogP contribution in [0.3, 0.4) is 0 Å². The van der Waals surface area contributed by atoms with Crippen molar-refractivity contribution < 1.29 is 13.6 Å². The van der Waals surface area contributed by atoms with Gasteiger partial charge in [-0.25, -0.2) is 13.5 Å². The molecule has 0 aliphatic carbocycles. The Bertz CT molecular complexity index is 882. The van der Waals surface area contributed by atoms with Gasteiger partial charge in [-0.05, 0) is 31.4 Å². The molecule has 2 aromatic rings. The number of carbonyl (C=O) groups is 1. The van der Waals surface area contributed by atoms with Gasteiger partial charge in [-0.3, -0.25) is 9.59 Å². The van der Waals surface area contributed by atoms with Crippen molar-refractivity contribution in [3.8, 4) is 0 Å². The molecular weight excluding hydrogens is 366 g/mol. The number of piperidine rings is 1. The second kappa shape index (κ2) is 7.82. The average molecular weight is 383 g/mol. The molecule has 0 saturated carbocycles. The molecule has 1 amide bonds. The van der Waals surface area contributed by atoms with E-state index in [0.717, 1.165) is 55.2 Å². The molecule has 0 spiro atoms. The van der Waals surface area contributed by atoms with Gasteiger partial charge in [0.15, 0.2) is 0 Å². The zero-order chi connectivity index (χ0) is 18.7. The van der Waals surface area contributed by atoms with Gasteiger partial charge >= 0.3 is 0 Å². The van der Waals surface area contributed by atoms with E-state index in [1.807, 2.05) is 4.90 Å². The number of nitrogens with zero attached hydrogens (tertiary/aromatic N) is 3. The third-order valence-corrected chi connectivity index (χ3v) is 4.51. The maximum Gasteiger partial charge on any atom is 0.288 e. The molecule has 1 aliphatic heterocycles. The van der Waals surface area contributed by atoms with Crippen LogP contribution in [0.15, 0.2) is 29.2 Å². The molecular formula is C17H17ClF2N4O2. The van der Waals surface area contributed by atoms with Crippen molar-refractivity contribution >= 4 is 28.9 Å². The molecule has 0 atom stereocenters. The third-order valence-electron chi connectivity index (χ3n) is 4.16. The van der Waals surface area contributed by atoms with E-state index in [4.69, 9.17) is 11.6 Å². The number of aromatic nitrogens is 2. The quantitative estimate of drug-likeness (QED) is 0.883. The summed E-state index contributed by atoms with van der Waals surface area (Å²) in [5.41, 5.74) is -0.368. The highest BCUT2D eigenvalue weighted by atomic mass is 35.5. The van der Waals surface area contributed by atoms with E-state index in [1.54, 1.807) is 0 Å². The lowest BCUT2D eigenvalue weighted by Crippen LogP contribution is -2.34. The van der Waals surface area contributed by atoms with Gasteiger partial charge in [-0.2, -0.15) is 5.10 Å². The number of hydrogen-bond acceptors (Lipinski definition) is 4. The largest absolute Gasteiger partial charge is 0.369 e. The fraction of sp³-hybridized carbons (Fsp3) is 0.353. The highest BCUT2D eigenvalue weighted by Crippen LogP contribution is 2.24. The SMILES string of the molecule is O=C(Cn1ncc(N2CCCCC2)c(Cl)c1=O)Nc1cc(F)ccc1F. The van der Waals surface area contributed by atoms with Gasteiger partial charge in [0.2, 0.25) is 5.91 Å². The van der Waals surface area contributed by atoms with Gasteiger partial charge in [-0.1, -0.05) is 11.6 Å². The van der Waals surface area contributed by atoms with Crippen molar-refractivity contribution in [1.29, 1.82) is 0 Å². The first-order valence-corrected chi connectivity index (χ1v) is 8.59. The lowest BCUT2D eigenvalue weighted by atomic mass is 10.1. The maximum absolute atomic E-state index is 13.6. The van der Waals surface area contributed by atoms with Crippen molar-refractivity contribution in [2.75, 3.05) is 23.3 Å². The second-order valence-electron chi connectivity index (χ2n) is 6.03. The van der Waals surface area contributed by atoms with Crippen LogP contribution in [0.1, 0.15) is 19.3 Å². The number of nitrogens with one attached hydrogen (secondary N) is 1. The van der Waals surface area contributed by atoms with Crippen molar-refractivity contribution in [2.45, 2.75) is 25.8 Å². The first-order chi connectivity index (χ1) is 12.5. The molecule has 9 heteroatoms. The van der Waals surface area contributed by atoms with Crippen LogP contribution in [-0.2, 0) is 11.3 Å². The number of halogens is 3. The Hall–Kier alpha value is -2.48. The Morgan fingerprint density at radius 1 is 1.23 bits per heavy atom. The summed E-state index contributed by atoms with van der Waals surface area (Å²) < 4.78 is 27.6. The Balaban J connectivity index is 1.75. The molecule has 6 nitrogen and oxygen atoms in total. The zero-order valence-corrected chi connectivity index (χ0v) is 14.6. The van der Waals surface area contributed by atoms with Crippen LogP contribution >= 0.6 is 11.6 Å². The Labute approximate surface area is 153 Å². The molecule has 1 aliphatic rings. The summed E-state index contributed by atoms with van der Waals surface area (Å²) in [7, 11) is 0. The van der Waals surface area contributed by atoms with Crippen LogP contribution in [0.25, 0.3) is 0 Å². The van der Waals surface area contributed by atoms with Crippen LogP contribution < -0.4 is 15.8 Å². The minimum atomic E-state index is -0.779. The van der Waals surface area contributed by atoms with E-state index in [-0.39, 0.29) is 10.7 Å². The Morgan fingerprint density at radius 3 is 2.69 bits per heavy atom. The number of hydrogen-bond donors (Lipinski definition) is 1. The molecule has 1 saturated heterocycles. The topological polar surface area (TPSA) is 67.2 Å². The minimum Gasteiger partial charge on any atom is -0.369 e. The predicted octanol–water partition coefficient (Wildman–Crippen LogP) is 2.80. The van der Waals surface area contributed by atoms with Gasteiger partial charge in [-0.15, -0.1) is 0 Å². The molecule has 1 N–H and O–H groups in total. The summed E-state index contributed by atoms with van der Waals surface area (Å²) in [6.07, 6.45) is 4.61. The number of rotatable bonds is 4. The van der Waals surface area contributed by atoms with Gasteiger partial charge in [0.05, 0.1) is 17.6 Å². The summed E-state index contributed by atoms with van der Waals surface area (Å²) >= 11 is 6.17. The molecule has 0 unspecified atom stereocenters. The minimum absolute atomic E-state index is 0.00774. The highest BCUT2D eigenvalue weighted by molar-refractivity contribution is 6.33. The van der Waals surface area contributed by atoms with Gasteiger partial charge < -0.3 is 10.2 Å². The molecule has 26 heavy (non-hydrogen) atoms. The summed E-state index contributed by atoms with van der Waals surface area (Å²) in [4.78, 5) is 26.4. The van der Waals surface area contributed by atoms with Gasteiger partial charge in [0, 0.05) is 19.2 Å². The normalized spacial score (nSPS) is 14.3. The van der Waals surface area contributed by atoms with Crippen molar-refractivity contribution in [2.24, 2.45) is 0 Å². The van der Waals surface area contributed by atoms with Crippen LogP contribution in [0.5, 0.6) is 0 Å². The highest BCUT2D eigenvalue weighted by Gasteiger charge is 2.19. The fourth-order valence-electron chi connectivity index (χ4n) is 2.84. The number of anilines is 2. The molecule has 1 aromatic carbocycles. The number of amides is 1. The van der Waals surface area contributed by atoms with E-state index >= 15 is 0 Å². The lowest BCUT2D eigenvalue weighted by Gasteiger charge is -2.29. The maximum atomic E-state index is 13.6. The lowest BCUT2D eigenvalue weighted by molar-refractivity contribution is -0.117. The zero-order valence-electron chi connectivity index (χ0n) is 13.8. The number of benzene rings is 1. The van der Waals surface area contributed by atoms with Crippen LogP contribution in [0.4, 0.5) is 20.2 Å². The first kappa shape index (κ1) is 18.3.